The number of carboxylic acid groups (broad SMARTS) is 1. The quantitative estimate of drug-likeness (QED) is 0.775. The molecular formula is C9H14F3NO3. The minimum atomic E-state index is -4.84. The number of nitrogens with one attached hydrogen (secondary N) is 1. The van der Waals surface area contributed by atoms with Crippen molar-refractivity contribution in [2.24, 2.45) is 0 Å². The highest BCUT2D eigenvalue weighted by Gasteiger charge is 2.57. The second kappa shape index (κ2) is 4.58. The van der Waals surface area contributed by atoms with Crippen LogP contribution >= 0.6 is 0 Å². The Bertz CT molecular complexity index is 263. The highest BCUT2D eigenvalue weighted by molar-refractivity contribution is 5.79. The first-order valence-corrected chi connectivity index (χ1v) is 4.94. The van der Waals surface area contributed by atoms with Gasteiger partial charge in [-0.1, -0.05) is 0 Å². The van der Waals surface area contributed by atoms with Crippen molar-refractivity contribution in [2.45, 2.75) is 37.6 Å². The summed E-state index contributed by atoms with van der Waals surface area (Å²) in [6.07, 6.45) is -3.72. The fraction of sp³-hybridized carbons (Fsp3) is 0.889. The van der Waals surface area contributed by atoms with Gasteiger partial charge < -0.3 is 9.84 Å². The predicted octanol–water partition coefficient (Wildman–Crippen LogP) is 1.16. The molecule has 0 amide bonds. The van der Waals surface area contributed by atoms with Gasteiger partial charge in [-0.05, 0) is 19.8 Å². The van der Waals surface area contributed by atoms with Crippen molar-refractivity contribution < 1.29 is 27.8 Å². The summed E-state index contributed by atoms with van der Waals surface area (Å²) in [6, 6.07) is 0. The van der Waals surface area contributed by atoms with Crippen molar-refractivity contribution in [1.29, 1.82) is 0 Å². The molecule has 0 aromatic heterocycles. The molecule has 1 heterocycles. The summed E-state index contributed by atoms with van der Waals surface area (Å²) in [5.74, 6) is -1.93. The molecule has 1 saturated heterocycles. The lowest BCUT2D eigenvalue weighted by Gasteiger charge is -2.29. The van der Waals surface area contributed by atoms with Gasteiger partial charge in [0.25, 0.3) is 0 Å². The van der Waals surface area contributed by atoms with Gasteiger partial charge in [-0.2, -0.15) is 13.2 Å². The van der Waals surface area contributed by atoms with Crippen molar-refractivity contribution in [1.82, 2.24) is 5.32 Å². The Morgan fingerprint density at radius 2 is 2.19 bits per heavy atom. The predicted molar refractivity (Wildman–Crippen MR) is 49.1 cm³/mol. The van der Waals surface area contributed by atoms with Gasteiger partial charge >= 0.3 is 12.1 Å². The molecule has 0 aromatic rings. The van der Waals surface area contributed by atoms with Crippen LogP contribution in [0.3, 0.4) is 0 Å². The molecule has 1 fully saturated rings. The third kappa shape index (κ3) is 2.65. The third-order valence-electron chi connectivity index (χ3n) is 2.70. The summed E-state index contributed by atoms with van der Waals surface area (Å²) in [4.78, 5) is 10.6. The van der Waals surface area contributed by atoms with Crippen LogP contribution in [0.5, 0.6) is 0 Å². The van der Waals surface area contributed by atoms with E-state index in [1.807, 2.05) is 5.32 Å². The maximum atomic E-state index is 12.5. The van der Waals surface area contributed by atoms with Crippen LogP contribution in [0.25, 0.3) is 0 Å². The average Bonchev–Trinajstić information content (AvgIpc) is 2.64. The number of aliphatic carboxylic acids is 1. The van der Waals surface area contributed by atoms with Crippen LogP contribution in [-0.4, -0.2) is 42.0 Å². The Hall–Kier alpha value is -0.820. The molecule has 0 bridgehead atoms. The van der Waals surface area contributed by atoms with Crippen LogP contribution in [-0.2, 0) is 9.53 Å². The molecule has 1 aliphatic rings. The Labute approximate surface area is 90.8 Å². The van der Waals surface area contributed by atoms with E-state index < -0.39 is 17.7 Å². The van der Waals surface area contributed by atoms with Gasteiger partial charge in [-0.3, -0.25) is 5.32 Å². The van der Waals surface area contributed by atoms with Gasteiger partial charge in [0.1, 0.15) is 0 Å². The number of hydrogen-bond donors (Lipinski definition) is 2. The second-order valence-corrected chi connectivity index (χ2v) is 3.94. The fourth-order valence-electron chi connectivity index (χ4n) is 1.42. The van der Waals surface area contributed by atoms with Crippen LogP contribution in [0.15, 0.2) is 0 Å². The molecule has 94 valence electrons. The number of hydrogen-bond acceptors (Lipinski definition) is 3. The van der Waals surface area contributed by atoms with E-state index in [2.05, 4.69) is 0 Å². The molecule has 0 radical (unpaired) electrons. The van der Waals surface area contributed by atoms with E-state index in [1.165, 1.54) is 0 Å². The Kier molecular flexibility index (Phi) is 3.80. The van der Waals surface area contributed by atoms with E-state index in [4.69, 9.17) is 9.84 Å². The summed E-state index contributed by atoms with van der Waals surface area (Å²) < 4.78 is 42.8. The van der Waals surface area contributed by atoms with Crippen molar-refractivity contribution in [3.8, 4) is 0 Å². The van der Waals surface area contributed by atoms with Gasteiger partial charge in [-0.25, -0.2) is 4.79 Å². The normalized spacial score (nSPS) is 25.4. The van der Waals surface area contributed by atoms with Crippen LogP contribution in [0, 0.1) is 0 Å². The van der Waals surface area contributed by atoms with E-state index in [9.17, 15) is 18.0 Å². The van der Waals surface area contributed by atoms with Crippen LogP contribution < -0.4 is 5.32 Å². The molecule has 0 spiro atoms. The summed E-state index contributed by atoms with van der Waals surface area (Å²) in [7, 11) is 0. The smallest absolute Gasteiger partial charge is 0.417 e. The fourth-order valence-corrected chi connectivity index (χ4v) is 1.42. The van der Waals surface area contributed by atoms with Crippen molar-refractivity contribution in [3.63, 3.8) is 0 Å². The Morgan fingerprint density at radius 1 is 1.56 bits per heavy atom. The third-order valence-corrected chi connectivity index (χ3v) is 2.70. The van der Waals surface area contributed by atoms with Crippen LogP contribution in [0.2, 0.25) is 0 Å². The first kappa shape index (κ1) is 13.2. The molecule has 4 nitrogen and oxygen atoms in total. The minimum absolute atomic E-state index is 0.109. The van der Waals surface area contributed by atoms with Crippen LogP contribution in [0.1, 0.15) is 19.8 Å². The van der Waals surface area contributed by atoms with E-state index in [0.717, 1.165) is 6.42 Å². The van der Waals surface area contributed by atoms with Crippen molar-refractivity contribution in [2.75, 3.05) is 13.2 Å². The number of alkyl halides is 3. The average molecular weight is 241 g/mol. The zero-order chi connectivity index (χ0) is 12.4. The summed E-state index contributed by atoms with van der Waals surface area (Å²) in [5.41, 5.74) is -2.92. The largest absolute Gasteiger partial charge is 0.480 e. The van der Waals surface area contributed by atoms with Crippen molar-refractivity contribution in [3.05, 3.63) is 0 Å². The lowest BCUT2D eigenvalue weighted by molar-refractivity contribution is -0.206. The SMILES string of the molecule is CC(NCC1CCCO1)(C(=O)O)C(F)(F)F. The standard InChI is InChI=1S/C9H14F3NO3/c1-8(7(14)15,9(10,11)12)13-5-6-3-2-4-16-6/h6,13H,2-5H2,1H3,(H,14,15). The Morgan fingerprint density at radius 3 is 2.56 bits per heavy atom. The van der Waals surface area contributed by atoms with Gasteiger partial charge in [0.05, 0.1) is 6.10 Å². The molecular weight excluding hydrogens is 227 g/mol. The summed E-state index contributed by atoms with van der Waals surface area (Å²) in [6.45, 7) is 1.02. The van der Waals surface area contributed by atoms with E-state index >= 15 is 0 Å². The molecule has 0 aromatic carbocycles. The lowest BCUT2D eigenvalue weighted by atomic mass is 10.0. The highest BCUT2D eigenvalue weighted by atomic mass is 19.4. The Balaban J connectivity index is 2.61. The minimum Gasteiger partial charge on any atom is -0.480 e. The molecule has 0 aliphatic carbocycles. The van der Waals surface area contributed by atoms with Crippen LogP contribution in [0.4, 0.5) is 13.2 Å². The number of ether oxygens (including phenoxy) is 1. The number of rotatable bonds is 4. The molecule has 1 rings (SSSR count). The molecule has 2 unspecified atom stereocenters. The monoisotopic (exact) mass is 241 g/mol. The maximum Gasteiger partial charge on any atom is 0.417 e. The molecule has 2 N–H and O–H groups in total. The van der Waals surface area contributed by atoms with E-state index in [0.29, 0.717) is 20.0 Å². The molecule has 1 aliphatic heterocycles. The topological polar surface area (TPSA) is 58.6 Å². The highest BCUT2D eigenvalue weighted by Crippen LogP contribution is 2.30. The number of halogens is 3. The second-order valence-electron chi connectivity index (χ2n) is 3.94. The van der Waals surface area contributed by atoms with E-state index in [1.54, 1.807) is 0 Å². The zero-order valence-electron chi connectivity index (χ0n) is 8.80. The number of carboxylic acids is 1. The lowest BCUT2D eigenvalue weighted by Crippen LogP contribution is -2.61. The zero-order valence-corrected chi connectivity index (χ0v) is 8.80. The van der Waals surface area contributed by atoms with Gasteiger partial charge in [0.2, 0.25) is 5.54 Å². The van der Waals surface area contributed by atoms with Gasteiger partial charge in [0.15, 0.2) is 0 Å². The number of carbonyl (C=O) groups is 1. The van der Waals surface area contributed by atoms with Gasteiger partial charge in [0, 0.05) is 13.2 Å². The summed E-state index contributed by atoms with van der Waals surface area (Å²) >= 11 is 0. The first-order valence-electron chi connectivity index (χ1n) is 4.94. The van der Waals surface area contributed by atoms with E-state index in [-0.39, 0.29) is 12.6 Å². The summed E-state index contributed by atoms with van der Waals surface area (Å²) in [5, 5.41) is 10.6. The molecule has 7 heteroatoms. The first-order chi connectivity index (χ1) is 7.27. The molecule has 16 heavy (non-hydrogen) atoms. The maximum absolute atomic E-state index is 12.5. The van der Waals surface area contributed by atoms with Gasteiger partial charge in [-0.15, -0.1) is 0 Å². The molecule has 2 atom stereocenters. The van der Waals surface area contributed by atoms with Crippen molar-refractivity contribution >= 4 is 5.97 Å². The molecule has 0 saturated carbocycles.